The topological polar surface area (TPSA) is 88.0 Å². The molecule has 0 fully saturated rings. The molecule has 2 aromatic heterocycles. The Morgan fingerprint density at radius 3 is 2.72 bits per heavy atom. The summed E-state index contributed by atoms with van der Waals surface area (Å²) < 4.78 is 5.90. The summed E-state index contributed by atoms with van der Waals surface area (Å²) in [6.07, 6.45) is 3.51. The zero-order valence-electron chi connectivity index (χ0n) is 17.5. The fraction of sp³-hybridized carbons (Fsp3) is 0.500. The number of rotatable bonds is 4. The number of carbonyl (C=O) groups excluding carboxylic acids is 1. The normalized spacial score (nSPS) is 23.6. The Labute approximate surface area is 174 Å². The maximum absolute atomic E-state index is 13.1. The molecule has 154 valence electrons. The third-order valence-electron chi connectivity index (χ3n) is 5.65. The highest BCUT2D eigenvalue weighted by Gasteiger charge is 2.46. The highest BCUT2D eigenvalue weighted by molar-refractivity contribution is 7.99. The van der Waals surface area contributed by atoms with E-state index in [-0.39, 0.29) is 16.8 Å². The van der Waals surface area contributed by atoms with E-state index < -0.39 is 11.8 Å². The molecule has 3 heterocycles. The van der Waals surface area contributed by atoms with Crippen molar-refractivity contribution in [1.29, 1.82) is 0 Å². The molecule has 2 N–H and O–H groups in total. The zero-order valence-corrected chi connectivity index (χ0v) is 18.3. The fourth-order valence-electron chi connectivity index (χ4n) is 4.18. The van der Waals surface area contributed by atoms with Gasteiger partial charge < -0.3 is 14.7 Å². The summed E-state index contributed by atoms with van der Waals surface area (Å²) in [6.45, 7) is 10.2. The van der Waals surface area contributed by atoms with Gasteiger partial charge in [-0.05, 0) is 30.9 Å². The van der Waals surface area contributed by atoms with Crippen LogP contribution in [0, 0.1) is 18.3 Å². The molecule has 2 aliphatic rings. The summed E-state index contributed by atoms with van der Waals surface area (Å²) in [5.41, 5.74) is 0.828. The minimum Gasteiger partial charge on any atom is -0.466 e. The van der Waals surface area contributed by atoms with Crippen molar-refractivity contribution in [3.05, 3.63) is 51.3 Å². The van der Waals surface area contributed by atoms with Gasteiger partial charge in [0.15, 0.2) is 5.16 Å². The van der Waals surface area contributed by atoms with E-state index in [9.17, 15) is 9.59 Å². The van der Waals surface area contributed by atoms with Crippen molar-refractivity contribution in [3.63, 3.8) is 0 Å². The van der Waals surface area contributed by atoms with Gasteiger partial charge in [0.05, 0.1) is 17.4 Å². The molecule has 0 bridgehead atoms. The number of aromatic amines is 1. The van der Waals surface area contributed by atoms with Gasteiger partial charge in [0.2, 0.25) is 0 Å². The number of hydrogen-bond donors (Lipinski definition) is 2. The molecule has 6 nitrogen and oxygen atoms in total. The molecule has 2 aromatic rings. The van der Waals surface area contributed by atoms with Gasteiger partial charge in [0.25, 0.3) is 5.56 Å². The highest BCUT2D eigenvalue weighted by atomic mass is 32.2. The second kappa shape index (κ2) is 7.20. The van der Waals surface area contributed by atoms with Gasteiger partial charge in [-0.15, -0.1) is 0 Å². The summed E-state index contributed by atoms with van der Waals surface area (Å²) in [5.74, 6) is 1.07. The number of Topliss-reactive ketones (excluding diaryl/α,β-unsaturated/α-hetero) is 1. The van der Waals surface area contributed by atoms with E-state index in [2.05, 4.69) is 30.2 Å². The van der Waals surface area contributed by atoms with Crippen molar-refractivity contribution in [1.82, 2.24) is 9.97 Å². The zero-order chi connectivity index (χ0) is 20.9. The lowest BCUT2D eigenvalue weighted by atomic mass is 9.68. The van der Waals surface area contributed by atoms with Gasteiger partial charge in [-0.25, -0.2) is 4.98 Å². The second-order valence-corrected chi connectivity index (χ2v) is 10.2. The largest absolute Gasteiger partial charge is 0.466 e. The van der Waals surface area contributed by atoms with Gasteiger partial charge in [0.1, 0.15) is 23.1 Å². The molecule has 0 spiro atoms. The quantitative estimate of drug-likeness (QED) is 0.562. The Kier molecular flexibility index (Phi) is 4.97. The van der Waals surface area contributed by atoms with E-state index in [4.69, 9.17) is 9.40 Å². The first-order valence-corrected chi connectivity index (χ1v) is 11.0. The van der Waals surface area contributed by atoms with Crippen LogP contribution in [0.1, 0.15) is 63.5 Å². The first-order valence-electron chi connectivity index (χ1n) is 10.1. The number of nitrogens with zero attached hydrogens (tertiary/aromatic N) is 1. The Morgan fingerprint density at radius 1 is 1.31 bits per heavy atom. The predicted octanol–water partition coefficient (Wildman–Crippen LogP) is 4.62. The third kappa shape index (κ3) is 3.68. The number of hydrogen-bond acceptors (Lipinski definition) is 6. The highest BCUT2D eigenvalue weighted by Crippen LogP contribution is 2.48. The van der Waals surface area contributed by atoms with Crippen LogP contribution < -0.4 is 10.9 Å². The Hall–Kier alpha value is -2.28. The molecule has 7 heteroatoms. The number of fused-ring (bicyclic) bond motifs is 2. The number of carbonyl (C=O) groups is 1. The van der Waals surface area contributed by atoms with Crippen molar-refractivity contribution in [2.75, 3.05) is 5.32 Å². The number of nitrogens with one attached hydrogen (secondary N) is 2. The summed E-state index contributed by atoms with van der Waals surface area (Å²) in [4.78, 5) is 33.9. The third-order valence-corrected chi connectivity index (χ3v) is 6.81. The molecule has 4 rings (SSSR count). The van der Waals surface area contributed by atoms with Crippen LogP contribution in [0.4, 0.5) is 5.82 Å². The Balaban J connectivity index is 1.90. The maximum Gasteiger partial charge on any atom is 0.257 e. The molecule has 0 saturated carbocycles. The molecule has 0 unspecified atom stereocenters. The standard InChI is InChI=1S/C22H27N3O3S/c1-6-12(3)29-21-24-19-18(20(27)25-21)17(15-8-7-11(2)28-15)16-13(23-19)9-22(4,5)10-14(16)26/h7-9,12,16-17H,6,10H2,1-5H3,(H2,23,24,25,27)/t12-,16+,17+/m1/s1. The second-order valence-electron chi connectivity index (χ2n) is 8.73. The smallest absolute Gasteiger partial charge is 0.257 e. The monoisotopic (exact) mass is 413 g/mol. The molecular formula is C22H27N3O3S. The van der Waals surface area contributed by atoms with Crippen LogP contribution in [0.15, 0.2) is 38.3 Å². The summed E-state index contributed by atoms with van der Waals surface area (Å²) in [7, 11) is 0. The van der Waals surface area contributed by atoms with Crippen molar-refractivity contribution in [2.45, 2.75) is 63.8 Å². The van der Waals surface area contributed by atoms with Crippen LogP contribution in [0.25, 0.3) is 0 Å². The minimum absolute atomic E-state index is 0.113. The number of thioether (sulfide) groups is 1. The number of H-pyrrole nitrogens is 1. The van der Waals surface area contributed by atoms with Gasteiger partial charge in [0, 0.05) is 17.4 Å². The molecule has 0 radical (unpaired) electrons. The first kappa shape index (κ1) is 20.0. The average Bonchev–Trinajstić information content (AvgIpc) is 3.04. The molecule has 0 amide bonds. The maximum atomic E-state index is 13.1. The van der Waals surface area contributed by atoms with Crippen molar-refractivity contribution in [2.24, 2.45) is 11.3 Å². The molecule has 1 aliphatic heterocycles. The summed E-state index contributed by atoms with van der Waals surface area (Å²) in [6, 6.07) is 3.73. The summed E-state index contributed by atoms with van der Waals surface area (Å²) >= 11 is 1.54. The lowest BCUT2D eigenvalue weighted by molar-refractivity contribution is -0.124. The predicted molar refractivity (Wildman–Crippen MR) is 114 cm³/mol. The van der Waals surface area contributed by atoms with Crippen LogP contribution >= 0.6 is 11.8 Å². The number of anilines is 1. The fourth-order valence-corrected chi connectivity index (χ4v) is 5.02. The number of aryl methyl sites for hydroxylation is 1. The number of allylic oxidation sites excluding steroid dienone is 2. The SMILES string of the molecule is CC[C@@H](C)Sc1nc2c(c(=O)[nH]1)[C@@H](c1ccc(C)o1)[C@@H]1C(=O)CC(C)(C)C=C1N2. The number of ketones is 1. The molecular weight excluding hydrogens is 386 g/mol. The van der Waals surface area contributed by atoms with E-state index in [1.54, 1.807) is 11.8 Å². The van der Waals surface area contributed by atoms with Crippen LogP contribution in [0.2, 0.25) is 0 Å². The molecule has 29 heavy (non-hydrogen) atoms. The van der Waals surface area contributed by atoms with Gasteiger partial charge in [-0.1, -0.05) is 45.5 Å². The number of aromatic nitrogens is 2. The van der Waals surface area contributed by atoms with E-state index in [0.717, 1.165) is 17.9 Å². The molecule has 0 saturated heterocycles. The Bertz CT molecular complexity index is 1050. The number of furan rings is 1. The Morgan fingerprint density at radius 2 is 2.07 bits per heavy atom. The van der Waals surface area contributed by atoms with E-state index in [1.165, 1.54) is 0 Å². The lowest BCUT2D eigenvalue weighted by Crippen LogP contribution is -2.41. The van der Waals surface area contributed by atoms with Gasteiger partial charge >= 0.3 is 0 Å². The van der Waals surface area contributed by atoms with Crippen LogP contribution in [0.3, 0.4) is 0 Å². The molecule has 3 atom stereocenters. The van der Waals surface area contributed by atoms with E-state index in [1.807, 2.05) is 32.9 Å². The van der Waals surface area contributed by atoms with E-state index >= 15 is 0 Å². The van der Waals surface area contributed by atoms with Gasteiger partial charge in [-0.3, -0.25) is 9.59 Å². The van der Waals surface area contributed by atoms with Crippen LogP contribution in [-0.2, 0) is 4.79 Å². The van der Waals surface area contributed by atoms with Crippen molar-refractivity contribution < 1.29 is 9.21 Å². The van der Waals surface area contributed by atoms with Crippen molar-refractivity contribution in [3.8, 4) is 0 Å². The summed E-state index contributed by atoms with van der Waals surface area (Å²) in [5, 5.41) is 4.24. The average molecular weight is 414 g/mol. The first-order chi connectivity index (χ1) is 13.7. The van der Waals surface area contributed by atoms with E-state index in [0.29, 0.717) is 34.0 Å². The van der Waals surface area contributed by atoms with Crippen molar-refractivity contribution >= 4 is 23.4 Å². The molecule has 0 aromatic carbocycles. The minimum atomic E-state index is -0.478. The van der Waals surface area contributed by atoms with Gasteiger partial charge in [-0.2, -0.15) is 0 Å². The van der Waals surface area contributed by atoms with Crippen LogP contribution in [-0.4, -0.2) is 21.0 Å². The van der Waals surface area contributed by atoms with Crippen LogP contribution in [0.5, 0.6) is 0 Å². The lowest BCUT2D eigenvalue weighted by Gasteiger charge is -2.39. The molecule has 1 aliphatic carbocycles.